The Balaban J connectivity index is 1.45. The number of hydrogen-bond donors (Lipinski definition) is 1. The summed E-state index contributed by atoms with van der Waals surface area (Å²) in [6.07, 6.45) is 6.20. The first-order valence-electron chi connectivity index (χ1n) is 11.1. The first-order valence-corrected chi connectivity index (χ1v) is 11.1. The molecule has 2 heterocycles. The SMILES string of the molecule is CNC(=O)C1(Cc2ccc(-c3cccnc3)cc2)CCN(Cc2cccc(C)c2)CC1. The van der Waals surface area contributed by atoms with Gasteiger partial charge in [0, 0.05) is 26.0 Å². The van der Waals surface area contributed by atoms with Gasteiger partial charge in [-0.3, -0.25) is 14.7 Å². The molecule has 4 nitrogen and oxygen atoms in total. The minimum atomic E-state index is -0.340. The smallest absolute Gasteiger partial charge is 0.226 e. The molecule has 2 aromatic carbocycles. The van der Waals surface area contributed by atoms with Crippen LogP contribution >= 0.6 is 0 Å². The monoisotopic (exact) mass is 413 g/mol. The number of nitrogens with one attached hydrogen (secondary N) is 1. The van der Waals surface area contributed by atoms with Crippen molar-refractivity contribution in [1.29, 1.82) is 0 Å². The van der Waals surface area contributed by atoms with Gasteiger partial charge in [-0.1, -0.05) is 60.2 Å². The Hall–Kier alpha value is -2.98. The number of piperidine rings is 1. The van der Waals surface area contributed by atoms with Gasteiger partial charge in [-0.15, -0.1) is 0 Å². The lowest BCUT2D eigenvalue weighted by molar-refractivity contribution is -0.133. The number of hydrogen-bond acceptors (Lipinski definition) is 3. The van der Waals surface area contributed by atoms with E-state index in [4.69, 9.17) is 0 Å². The third kappa shape index (κ3) is 5.02. The Morgan fingerprint density at radius 3 is 2.42 bits per heavy atom. The molecule has 1 fully saturated rings. The lowest BCUT2D eigenvalue weighted by atomic mass is 9.73. The molecule has 160 valence electrons. The number of aryl methyl sites for hydroxylation is 1. The first-order chi connectivity index (χ1) is 15.1. The van der Waals surface area contributed by atoms with Crippen molar-refractivity contribution in [3.05, 3.63) is 89.7 Å². The van der Waals surface area contributed by atoms with E-state index in [1.54, 1.807) is 13.2 Å². The zero-order valence-corrected chi connectivity index (χ0v) is 18.5. The number of rotatable bonds is 6. The van der Waals surface area contributed by atoms with E-state index in [0.29, 0.717) is 0 Å². The van der Waals surface area contributed by atoms with Gasteiger partial charge in [0.05, 0.1) is 5.41 Å². The molecular weight excluding hydrogens is 382 g/mol. The average molecular weight is 414 g/mol. The molecule has 1 aliphatic heterocycles. The molecular formula is C27H31N3O. The molecule has 3 aromatic rings. The standard InChI is InChI=1S/C27H31N3O/c1-21-5-3-6-23(17-21)20-30-15-12-27(13-16-30,26(31)28-2)18-22-8-10-24(11-9-22)25-7-4-14-29-19-25/h3-11,14,17,19H,12-13,15-16,18,20H2,1-2H3,(H,28,31). The molecule has 4 rings (SSSR count). The molecule has 4 heteroatoms. The molecule has 0 spiro atoms. The fourth-order valence-electron chi connectivity index (χ4n) is 4.70. The van der Waals surface area contributed by atoms with E-state index in [2.05, 4.69) is 76.7 Å². The largest absolute Gasteiger partial charge is 0.359 e. The third-order valence-electron chi connectivity index (χ3n) is 6.50. The van der Waals surface area contributed by atoms with Crippen LogP contribution in [0, 0.1) is 12.3 Å². The maximum absolute atomic E-state index is 13.0. The van der Waals surface area contributed by atoms with Crippen LogP contribution < -0.4 is 5.32 Å². The second-order valence-corrected chi connectivity index (χ2v) is 8.74. The number of carbonyl (C=O) groups excluding carboxylic acids is 1. The normalized spacial score (nSPS) is 16.1. The lowest BCUT2D eigenvalue weighted by Gasteiger charge is -2.40. The molecule has 0 atom stereocenters. The second kappa shape index (κ2) is 9.44. The molecule has 1 aliphatic rings. The van der Waals surface area contributed by atoms with Gasteiger partial charge < -0.3 is 5.32 Å². The minimum absolute atomic E-state index is 0.166. The maximum atomic E-state index is 13.0. The second-order valence-electron chi connectivity index (χ2n) is 8.74. The molecule has 0 aliphatic carbocycles. The van der Waals surface area contributed by atoms with Gasteiger partial charge in [0.15, 0.2) is 0 Å². The van der Waals surface area contributed by atoms with Crippen LogP contribution in [0.15, 0.2) is 73.1 Å². The predicted octanol–water partition coefficient (Wildman–Crippen LogP) is 4.63. The Morgan fingerprint density at radius 2 is 1.77 bits per heavy atom. The highest BCUT2D eigenvalue weighted by Crippen LogP contribution is 2.36. The third-order valence-corrected chi connectivity index (χ3v) is 6.50. The summed E-state index contributed by atoms with van der Waals surface area (Å²) in [7, 11) is 1.76. The summed E-state index contributed by atoms with van der Waals surface area (Å²) in [4.78, 5) is 19.6. The number of aromatic nitrogens is 1. The van der Waals surface area contributed by atoms with Gasteiger partial charge >= 0.3 is 0 Å². The average Bonchev–Trinajstić information content (AvgIpc) is 2.81. The van der Waals surface area contributed by atoms with Crippen molar-refractivity contribution in [1.82, 2.24) is 15.2 Å². The van der Waals surface area contributed by atoms with E-state index in [9.17, 15) is 4.79 Å². The van der Waals surface area contributed by atoms with Crippen molar-refractivity contribution in [2.24, 2.45) is 5.41 Å². The van der Waals surface area contributed by atoms with Gasteiger partial charge in [-0.2, -0.15) is 0 Å². The van der Waals surface area contributed by atoms with Crippen LogP contribution in [0.25, 0.3) is 11.1 Å². The van der Waals surface area contributed by atoms with Crippen molar-refractivity contribution in [2.45, 2.75) is 32.7 Å². The van der Waals surface area contributed by atoms with Gasteiger partial charge in [0.2, 0.25) is 5.91 Å². The quantitative estimate of drug-likeness (QED) is 0.641. The fraction of sp³-hybridized carbons (Fsp3) is 0.333. The van der Waals surface area contributed by atoms with Gasteiger partial charge in [0.25, 0.3) is 0 Å². The molecule has 1 saturated heterocycles. The summed E-state index contributed by atoms with van der Waals surface area (Å²) in [5, 5.41) is 2.94. The van der Waals surface area contributed by atoms with E-state index in [0.717, 1.165) is 50.0 Å². The van der Waals surface area contributed by atoms with E-state index in [-0.39, 0.29) is 11.3 Å². The lowest BCUT2D eigenvalue weighted by Crippen LogP contribution is -2.49. The number of amides is 1. The molecule has 1 N–H and O–H groups in total. The summed E-state index contributed by atoms with van der Waals surface area (Å²) in [6.45, 7) is 4.96. The molecule has 0 bridgehead atoms. The van der Waals surface area contributed by atoms with Gasteiger partial charge in [0.1, 0.15) is 0 Å². The summed E-state index contributed by atoms with van der Waals surface area (Å²) in [5.74, 6) is 0.166. The molecule has 0 unspecified atom stereocenters. The Labute approximate surface area is 185 Å². The minimum Gasteiger partial charge on any atom is -0.359 e. The topological polar surface area (TPSA) is 45.2 Å². The highest BCUT2D eigenvalue weighted by atomic mass is 16.2. The number of benzene rings is 2. The van der Waals surface area contributed by atoms with Crippen LogP contribution in [0.3, 0.4) is 0 Å². The molecule has 0 radical (unpaired) electrons. The Morgan fingerprint density at radius 1 is 1.00 bits per heavy atom. The zero-order chi connectivity index (χ0) is 21.7. The van der Waals surface area contributed by atoms with E-state index in [1.165, 1.54) is 16.7 Å². The summed E-state index contributed by atoms with van der Waals surface area (Å²) < 4.78 is 0. The van der Waals surface area contributed by atoms with Crippen molar-refractivity contribution in [3.8, 4) is 11.1 Å². The summed E-state index contributed by atoms with van der Waals surface area (Å²) >= 11 is 0. The number of likely N-dealkylation sites (tertiary alicyclic amines) is 1. The van der Waals surface area contributed by atoms with Gasteiger partial charge in [-0.05, 0) is 67.6 Å². The highest BCUT2D eigenvalue weighted by Gasteiger charge is 2.40. The van der Waals surface area contributed by atoms with Crippen LogP contribution in [0.5, 0.6) is 0 Å². The molecule has 31 heavy (non-hydrogen) atoms. The Kier molecular flexibility index (Phi) is 6.47. The van der Waals surface area contributed by atoms with Gasteiger partial charge in [-0.25, -0.2) is 0 Å². The van der Waals surface area contributed by atoms with Crippen LogP contribution in [-0.4, -0.2) is 35.9 Å². The van der Waals surface area contributed by atoms with Crippen LogP contribution in [0.4, 0.5) is 0 Å². The maximum Gasteiger partial charge on any atom is 0.226 e. The number of nitrogens with zero attached hydrogens (tertiary/aromatic N) is 2. The summed E-state index contributed by atoms with van der Waals surface area (Å²) in [6, 6.07) is 21.3. The van der Waals surface area contributed by atoms with Crippen molar-refractivity contribution in [2.75, 3.05) is 20.1 Å². The molecule has 1 amide bonds. The van der Waals surface area contributed by atoms with Crippen molar-refractivity contribution >= 4 is 5.91 Å². The zero-order valence-electron chi connectivity index (χ0n) is 18.5. The van der Waals surface area contributed by atoms with Crippen molar-refractivity contribution in [3.63, 3.8) is 0 Å². The first kappa shape index (κ1) is 21.3. The van der Waals surface area contributed by atoms with E-state index < -0.39 is 0 Å². The molecule has 1 aromatic heterocycles. The molecule has 0 saturated carbocycles. The van der Waals surface area contributed by atoms with Crippen LogP contribution in [-0.2, 0) is 17.8 Å². The van der Waals surface area contributed by atoms with Crippen LogP contribution in [0.2, 0.25) is 0 Å². The fourth-order valence-corrected chi connectivity index (χ4v) is 4.70. The number of pyridine rings is 1. The van der Waals surface area contributed by atoms with E-state index in [1.807, 2.05) is 12.3 Å². The predicted molar refractivity (Wildman–Crippen MR) is 126 cm³/mol. The summed E-state index contributed by atoms with van der Waals surface area (Å²) in [5.41, 5.74) is 5.78. The highest BCUT2D eigenvalue weighted by molar-refractivity contribution is 5.83. The van der Waals surface area contributed by atoms with Crippen molar-refractivity contribution < 1.29 is 4.79 Å². The van der Waals surface area contributed by atoms with Crippen LogP contribution in [0.1, 0.15) is 29.5 Å². The van der Waals surface area contributed by atoms with E-state index >= 15 is 0 Å². The Bertz CT molecular complexity index is 1010. The number of carbonyl (C=O) groups is 1.